The van der Waals surface area contributed by atoms with E-state index in [-0.39, 0.29) is 10.7 Å². The summed E-state index contributed by atoms with van der Waals surface area (Å²) in [6.45, 7) is 1.86. The van der Waals surface area contributed by atoms with E-state index < -0.39 is 17.8 Å². The van der Waals surface area contributed by atoms with Gasteiger partial charge in [0.25, 0.3) is 0 Å². The lowest BCUT2D eigenvalue weighted by Gasteiger charge is -2.12. The van der Waals surface area contributed by atoms with E-state index in [1.165, 1.54) is 0 Å². The molecule has 1 aliphatic heterocycles. The Kier molecular flexibility index (Phi) is 5.33. The number of nitrogens with two attached hydrogens (primary N) is 1. The molecule has 9 heteroatoms. The van der Waals surface area contributed by atoms with Crippen LogP contribution in [0.3, 0.4) is 0 Å². The summed E-state index contributed by atoms with van der Waals surface area (Å²) in [4.78, 5) is 16.4. The maximum Gasteiger partial charge on any atom is 0.416 e. The Morgan fingerprint density at radius 1 is 1.18 bits per heavy atom. The normalized spacial score (nSPS) is 14.1. The summed E-state index contributed by atoms with van der Waals surface area (Å²) in [5, 5.41) is 4.86. The van der Waals surface area contributed by atoms with E-state index in [2.05, 4.69) is 15.6 Å². The van der Waals surface area contributed by atoms with E-state index in [1.54, 1.807) is 18.2 Å². The number of carbonyl (C=O) groups excluding carboxylic acids is 1. The summed E-state index contributed by atoms with van der Waals surface area (Å²) in [5.74, 6) is 0.528. The number of hydrogen-bond acceptors (Lipinski definition) is 3. The third-order valence-electron chi connectivity index (χ3n) is 4.12. The molecule has 0 unspecified atom stereocenters. The maximum atomic E-state index is 12.7. The lowest BCUT2D eigenvalue weighted by Crippen LogP contribution is -2.20. The number of halogens is 4. The van der Waals surface area contributed by atoms with Crippen molar-refractivity contribution in [1.82, 2.24) is 0 Å². The Balaban J connectivity index is 1.71. The Morgan fingerprint density at radius 2 is 1.93 bits per heavy atom. The fourth-order valence-corrected chi connectivity index (χ4v) is 3.03. The minimum Gasteiger partial charge on any atom is -0.387 e. The van der Waals surface area contributed by atoms with Crippen LogP contribution in [0, 0.1) is 0 Å². The minimum absolute atomic E-state index is 0.0684. The molecule has 1 aliphatic rings. The molecular formula is C19H16ClF3N4O. The van der Waals surface area contributed by atoms with Gasteiger partial charge in [-0.1, -0.05) is 23.7 Å². The van der Waals surface area contributed by atoms with E-state index >= 15 is 0 Å². The van der Waals surface area contributed by atoms with Crippen molar-refractivity contribution < 1.29 is 18.0 Å². The second-order valence-electron chi connectivity index (χ2n) is 6.20. The van der Waals surface area contributed by atoms with Crippen LogP contribution in [-0.2, 0) is 6.18 Å². The molecule has 0 aliphatic carbocycles. The number of amidine groups is 1. The van der Waals surface area contributed by atoms with Crippen molar-refractivity contribution in [3.63, 3.8) is 0 Å². The first-order chi connectivity index (χ1) is 13.1. The number of hydrogen-bond donors (Lipinski definition) is 3. The van der Waals surface area contributed by atoms with Gasteiger partial charge < -0.3 is 16.4 Å². The molecule has 0 bridgehead atoms. The first kappa shape index (κ1) is 19.8. The van der Waals surface area contributed by atoms with Crippen molar-refractivity contribution in [2.75, 3.05) is 10.6 Å². The summed E-state index contributed by atoms with van der Waals surface area (Å²) >= 11 is 5.85. The predicted molar refractivity (Wildman–Crippen MR) is 104 cm³/mol. The molecule has 3 rings (SSSR count). The molecule has 4 N–H and O–H groups in total. The monoisotopic (exact) mass is 408 g/mol. The number of allylic oxidation sites excluding steroid dienone is 1. The van der Waals surface area contributed by atoms with Gasteiger partial charge in [-0.25, -0.2) is 9.79 Å². The van der Waals surface area contributed by atoms with Crippen LogP contribution < -0.4 is 16.4 Å². The van der Waals surface area contributed by atoms with Crippen molar-refractivity contribution in [3.05, 3.63) is 64.3 Å². The molecule has 0 atom stereocenters. The number of nitrogens with zero attached hydrogens (tertiary/aromatic N) is 1. The van der Waals surface area contributed by atoms with E-state index in [0.29, 0.717) is 17.9 Å². The zero-order valence-electron chi connectivity index (χ0n) is 14.7. The van der Waals surface area contributed by atoms with Gasteiger partial charge >= 0.3 is 12.2 Å². The number of rotatable bonds is 3. The number of urea groups is 1. The van der Waals surface area contributed by atoms with Crippen molar-refractivity contribution in [1.29, 1.82) is 0 Å². The summed E-state index contributed by atoms with van der Waals surface area (Å²) in [6.07, 6.45) is -3.98. The standard InChI is InChI=1S/C19H16ClF3N4O/c1-10-14(9-17(24)25-10)11-3-2-4-13(7-11)26-18(28)27-16-6-5-12(8-15(16)20)19(21,22)23/h2-8H,9H2,1H3,(H2,24,25)(H2,26,27,28). The summed E-state index contributed by atoms with van der Waals surface area (Å²) in [5.41, 5.74) is 8.08. The second kappa shape index (κ2) is 7.55. The lowest BCUT2D eigenvalue weighted by atomic mass is 10.0. The van der Waals surface area contributed by atoms with Gasteiger partial charge in [-0.05, 0) is 48.4 Å². The van der Waals surface area contributed by atoms with Crippen LogP contribution in [-0.4, -0.2) is 11.9 Å². The number of benzene rings is 2. The molecule has 2 aromatic carbocycles. The van der Waals surface area contributed by atoms with E-state index in [9.17, 15) is 18.0 Å². The first-order valence-corrected chi connectivity index (χ1v) is 8.59. The zero-order valence-corrected chi connectivity index (χ0v) is 15.4. The highest BCUT2D eigenvalue weighted by Gasteiger charge is 2.31. The molecule has 0 saturated carbocycles. The van der Waals surface area contributed by atoms with Gasteiger partial charge in [0, 0.05) is 17.8 Å². The molecule has 0 fully saturated rings. The summed E-state index contributed by atoms with van der Waals surface area (Å²) in [7, 11) is 0. The molecule has 0 radical (unpaired) electrons. The highest BCUT2D eigenvalue weighted by atomic mass is 35.5. The zero-order chi connectivity index (χ0) is 20.5. The molecule has 1 heterocycles. The van der Waals surface area contributed by atoms with E-state index in [0.717, 1.165) is 35.0 Å². The Hall–Kier alpha value is -3.00. The molecule has 0 aromatic heterocycles. The maximum absolute atomic E-state index is 12.7. The fraction of sp³-hybridized carbons (Fsp3) is 0.158. The first-order valence-electron chi connectivity index (χ1n) is 8.21. The largest absolute Gasteiger partial charge is 0.416 e. The number of nitrogens with one attached hydrogen (secondary N) is 2. The molecule has 2 amide bonds. The van der Waals surface area contributed by atoms with Crippen molar-refractivity contribution in [2.24, 2.45) is 10.7 Å². The average Bonchev–Trinajstić information content (AvgIpc) is 2.94. The van der Waals surface area contributed by atoms with Gasteiger partial charge in [-0.2, -0.15) is 13.2 Å². The van der Waals surface area contributed by atoms with Crippen LogP contribution in [0.1, 0.15) is 24.5 Å². The van der Waals surface area contributed by atoms with Gasteiger partial charge in [0.2, 0.25) is 0 Å². The Labute approximate surface area is 164 Å². The van der Waals surface area contributed by atoms with Crippen molar-refractivity contribution in [2.45, 2.75) is 19.5 Å². The smallest absolute Gasteiger partial charge is 0.387 e. The van der Waals surface area contributed by atoms with Crippen LogP contribution in [0.5, 0.6) is 0 Å². The Bertz CT molecular complexity index is 999. The van der Waals surface area contributed by atoms with E-state index in [4.69, 9.17) is 17.3 Å². The summed E-state index contributed by atoms with van der Waals surface area (Å²) < 4.78 is 38.1. The van der Waals surface area contributed by atoms with Crippen molar-refractivity contribution >= 4 is 40.4 Å². The fourth-order valence-electron chi connectivity index (χ4n) is 2.80. The second-order valence-corrected chi connectivity index (χ2v) is 6.60. The minimum atomic E-state index is -4.51. The number of anilines is 2. The summed E-state index contributed by atoms with van der Waals surface area (Å²) in [6, 6.07) is 9.18. The number of aliphatic imine (C=N–C) groups is 1. The van der Waals surface area contributed by atoms with Crippen LogP contribution in [0.25, 0.3) is 5.57 Å². The average molecular weight is 409 g/mol. The molecule has 2 aromatic rings. The third kappa shape index (κ3) is 4.45. The number of amides is 2. The van der Waals surface area contributed by atoms with Gasteiger partial charge in [0.15, 0.2) is 0 Å². The SMILES string of the molecule is CC1=C(c2cccc(NC(=O)Nc3ccc(C(F)(F)F)cc3Cl)c2)CC(N)=N1. The molecule has 0 saturated heterocycles. The van der Waals surface area contributed by atoms with Crippen LogP contribution in [0.15, 0.2) is 53.2 Å². The predicted octanol–water partition coefficient (Wildman–Crippen LogP) is 5.49. The third-order valence-corrected chi connectivity index (χ3v) is 4.43. The van der Waals surface area contributed by atoms with Gasteiger partial charge in [0.05, 0.1) is 16.3 Å². The van der Waals surface area contributed by atoms with Gasteiger partial charge in [-0.3, -0.25) is 0 Å². The molecule has 146 valence electrons. The van der Waals surface area contributed by atoms with Crippen LogP contribution in [0.2, 0.25) is 5.02 Å². The molecular weight excluding hydrogens is 393 g/mol. The molecule has 5 nitrogen and oxygen atoms in total. The van der Waals surface area contributed by atoms with Gasteiger partial charge in [-0.15, -0.1) is 0 Å². The van der Waals surface area contributed by atoms with Crippen molar-refractivity contribution in [3.8, 4) is 0 Å². The van der Waals surface area contributed by atoms with Gasteiger partial charge in [0.1, 0.15) is 5.84 Å². The van der Waals surface area contributed by atoms with Crippen LogP contribution in [0.4, 0.5) is 29.3 Å². The lowest BCUT2D eigenvalue weighted by molar-refractivity contribution is -0.137. The Morgan fingerprint density at radius 3 is 2.54 bits per heavy atom. The van der Waals surface area contributed by atoms with Crippen LogP contribution >= 0.6 is 11.6 Å². The molecule has 0 spiro atoms. The number of alkyl halides is 3. The quantitative estimate of drug-likeness (QED) is 0.627. The topological polar surface area (TPSA) is 79.5 Å². The number of carbonyl (C=O) groups is 1. The highest BCUT2D eigenvalue weighted by molar-refractivity contribution is 6.33. The molecule has 28 heavy (non-hydrogen) atoms. The highest BCUT2D eigenvalue weighted by Crippen LogP contribution is 2.34. The van der Waals surface area contributed by atoms with E-state index in [1.807, 2.05) is 13.0 Å².